The second-order valence-electron chi connectivity index (χ2n) is 4.46. The van der Waals surface area contributed by atoms with Crippen LogP contribution < -0.4 is 20.7 Å². The standard InChI is InChI=1S/C13H22N2O2/c1-9(2)7-12(15-14)11-6-5-10(16-3)8-13(11)17-4/h5-6,8-9,12,15H,7,14H2,1-4H3. The first kappa shape index (κ1) is 13.8. The van der Waals surface area contributed by atoms with Gasteiger partial charge in [-0.2, -0.15) is 0 Å². The lowest BCUT2D eigenvalue weighted by atomic mass is 9.96. The van der Waals surface area contributed by atoms with E-state index in [1.807, 2.05) is 18.2 Å². The molecule has 4 nitrogen and oxygen atoms in total. The Labute approximate surface area is 103 Å². The monoisotopic (exact) mass is 238 g/mol. The highest BCUT2D eigenvalue weighted by atomic mass is 16.5. The summed E-state index contributed by atoms with van der Waals surface area (Å²) in [4.78, 5) is 0. The van der Waals surface area contributed by atoms with Gasteiger partial charge in [-0.1, -0.05) is 19.9 Å². The van der Waals surface area contributed by atoms with E-state index in [0.717, 1.165) is 23.5 Å². The Balaban J connectivity index is 3.01. The molecule has 0 heterocycles. The van der Waals surface area contributed by atoms with Crippen LogP contribution in [0, 0.1) is 5.92 Å². The highest BCUT2D eigenvalue weighted by molar-refractivity contribution is 5.42. The molecule has 1 atom stereocenters. The lowest BCUT2D eigenvalue weighted by Crippen LogP contribution is -2.29. The molecule has 1 rings (SSSR count). The Morgan fingerprint density at radius 2 is 1.94 bits per heavy atom. The minimum absolute atomic E-state index is 0.0934. The summed E-state index contributed by atoms with van der Waals surface area (Å²) in [6, 6.07) is 5.88. The molecular formula is C13H22N2O2. The maximum absolute atomic E-state index is 5.61. The number of methoxy groups -OCH3 is 2. The Morgan fingerprint density at radius 1 is 1.24 bits per heavy atom. The maximum Gasteiger partial charge on any atom is 0.127 e. The van der Waals surface area contributed by atoms with Gasteiger partial charge in [0.1, 0.15) is 11.5 Å². The highest BCUT2D eigenvalue weighted by Gasteiger charge is 2.16. The van der Waals surface area contributed by atoms with Crippen molar-refractivity contribution >= 4 is 0 Å². The molecule has 1 unspecified atom stereocenters. The zero-order valence-corrected chi connectivity index (χ0v) is 11.0. The van der Waals surface area contributed by atoms with Crippen LogP contribution in [0.1, 0.15) is 31.9 Å². The number of ether oxygens (including phenoxy) is 2. The molecule has 0 saturated carbocycles. The van der Waals surface area contributed by atoms with Crippen LogP contribution in [0.2, 0.25) is 0 Å². The van der Waals surface area contributed by atoms with Crippen molar-refractivity contribution in [1.29, 1.82) is 0 Å². The van der Waals surface area contributed by atoms with Crippen molar-refractivity contribution in [1.82, 2.24) is 5.43 Å². The van der Waals surface area contributed by atoms with Crippen molar-refractivity contribution < 1.29 is 9.47 Å². The average Bonchev–Trinajstić information content (AvgIpc) is 2.35. The molecule has 1 aromatic rings. The van der Waals surface area contributed by atoms with E-state index in [2.05, 4.69) is 19.3 Å². The van der Waals surface area contributed by atoms with Gasteiger partial charge >= 0.3 is 0 Å². The van der Waals surface area contributed by atoms with Crippen LogP contribution in [0.15, 0.2) is 18.2 Å². The first-order valence-corrected chi connectivity index (χ1v) is 5.80. The van der Waals surface area contributed by atoms with Gasteiger partial charge in [-0.15, -0.1) is 0 Å². The van der Waals surface area contributed by atoms with Gasteiger partial charge in [0.2, 0.25) is 0 Å². The number of nitrogens with one attached hydrogen (secondary N) is 1. The second kappa shape index (κ2) is 6.47. The molecule has 0 amide bonds. The van der Waals surface area contributed by atoms with Crippen LogP contribution in [0.4, 0.5) is 0 Å². The van der Waals surface area contributed by atoms with Crippen molar-refractivity contribution in [3.05, 3.63) is 23.8 Å². The second-order valence-corrected chi connectivity index (χ2v) is 4.46. The molecule has 1 aromatic carbocycles. The number of hydrogen-bond donors (Lipinski definition) is 2. The third-order valence-electron chi connectivity index (χ3n) is 2.72. The van der Waals surface area contributed by atoms with Gasteiger partial charge in [0.25, 0.3) is 0 Å². The van der Waals surface area contributed by atoms with E-state index in [9.17, 15) is 0 Å². The van der Waals surface area contributed by atoms with Crippen molar-refractivity contribution in [3.8, 4) is 11.5 Å². The van der Waals surface area contributed by atoms with Gasteiger partial charge < -0.3 is 9.47 Å². The molecule has 3 N–H and O–H groups in total. The zero-order valence-electron chi connectivity index (χ0n) is 11.0. The summed E-state index contributed by atoms with van der Waals surface area (Å²) in [6.45, 7) is 4.33. The Kier molecular flexibility index (Phi) is 5.25. The molecule has 0 spiro atoms. The normalized spacial score (nSPS) is 12.6. The molecule has 0 fully saturated rings. The van der Waals surface area contributed by atoms with E-state index in [-0.39, 0.29) is 6.04 Å². The van der Waals surface area contributed by atoms with Crippen LogP contribution in [-0.2, 0) is 0 Å². The lowest BCUT2D eigenvalue weighted by molar-refractivity contribution is 0.374. The Bertz CT molecular complexity index is 353. The SMILES string of the molecule is COc1ccc(C(CC(C)C)NN)c(OC)c1. The fraction of sp³-hybridized carbons (Fsp3) is 0.538. The lowest BCUT2D eigenvalue weighted by Gasteiger charge is -2.21. The van der Waals surface area contributed by atoms with Crippen LogP contribution in [0.25, 0.3) is 0 Å². The molecular weight excluding hydrogens is 216 g/mol. The summed E-state index contributed by atoms with van der Waals surface area (Å²) < 4.78 is 10.6. The Morgan fingerprint density at radius 3 is 2.41 bits per heavy atom. The summed E-state index contributed by atoms with van der Waals surface area (Å²) in [5.41, 5.74) is 3.90. The fourth-order valence-electron chi connectivity index (χ4n) is 1.86. The first-order valence-electron chi connectivity index (χ1n) is 5.80. The van der Waals surface area contributed by atoms with Crippen LogP contribution in [-0.4, -0.2) is 14.2 Å². The van der Waals surface area contributed by atoms with Gasteiger partial charge in [0.05, 0.1) is 14.2 Å². The van der Waals surface area contributed by atoms with Crippen LogP contribution in [0.5, 0.6) is 11.5 Å². The van der Waals surface area contributed by atoms with Crippen molar-refractivity contribution in [2.45, 2.75) is 26.3 Å². The van der Waals surface area contributed by atoms with E-state index in [1.165, 1.54) is 0 Å². The first-order chi connectivity index (χ1) is 8.12. The van der Waals surface area contributed by atoms with Crippen LogP contribution >= 0.6 is 0 Å². The molecule has 0 aliphatic rings. The smallest absolute Gasteiger partial charge is 0.127 e. The average molecular weight is 238 g/mol. The summed E-state index contributed by atoms with van der Waals surface area (Å²) in [5.74, 6) is 7.75. The van der Waals surface area contributed by atoms with E-state index in [4.69, 9.17) is 15.3 Å². The maximum atomic E-state index is 5.61. The molecule has 0 bridgehead atoms. The summed E-state index contributed by atoms with van der Waals surface area (Å²) in [7, 11) is 3.29. The fourth-order valence-corrected chi connectivity index (χ4v) is 1.86. The zero-order chi connectivity index (χ0) is 12.8. The molecule has 4 heteroatoms. The van der Waals surface area contributed by atoms with Gasteiger partial charge in [0.15, 0.2) is 0 Å². The van der Waals surface area contributed by atoms with Gasteiger partial charge in [-0.3, -0.25) is 11.3 Å². The number of nitrogens with two attached hydrogens (primary N) is 1. The number of hydrazine groups is 1. The minimum atomic E-state index is 0.0934. The van der Waals surface area contributed by atoms with Crippen LogP contribution in [0.3, 0.4) is 0 Å². The van der Waals surface area contributed by atoms with E-state index >= 15 is 0 Å². The third kappa shape index (κ3) is 3.61. The Hall–Kier alpha value is -1.26. The predicted molar refractivity (Wildman–Crippen MR) is 69.1 cm³/mol. The van der Waals surface area contributed by atoms with Gasteiger partial charge in [-0.05, 0) is 18.4 Å². The molecule has 96 valence electrons. The van der Waals surface area contributed by atoms with Crippen molar-refractivity contribution in [2.75, 3.05) is 14.2 Å². The third-order valence-corrected chi connectivity index (χ3v) is 2.72. The summed E-state index contributed by atoms with van der Waals surface area (Å²) >= 11 is 0. The van der Waals surface area contributed by atoms with E-state index in [1.54, 1.807) is 14.2 Å². The minimum Gasteiger partial charge on any atom is -0.497 e. The predicted octanol–water partition coefficient (Wildman–Crippen LogP) is 2.25. The van der Waals surface area contributed by atoms with E-state index < -0.39 is 0 Å². The topological polar surface area (TPSA) is 56.5 Å². The summed E-state index contributed by atoms with van der Waals surface area (Å²) in [5, 5.41) is 0. The van der Waals surface area contributed by atoms with Gasteiger partial charge in [0, 0.05) is 17.7 Å². The molecule has 17 heavy (non-hydrogen) atoms. The number of benzene rings is 1. The largest absolute Gasteiger partial charge is 0.497 e. The quantitative estimate of drug-likeness (QED) is 0.589. The van der Waals surface area contributed by atoms with Crippen molar-refractivity contribution in [2.24, 2.45) is 11.8 Å². The molecule has 0 aromatic heterocycles. The molecule has 0 saturated heterocycles. The molecule has 0 aliphatic heterocycles. The molecule has 0 aliphatic carbocycles. The highest BCUT2D eigenvalue weighted by Crippen LogP contribution is 2.32. The number of rotatable bonds is 6. The van der Waals surface area contributed by atoms with E-state index in [0.29, 0.717) is 5.92 Å². The molecule has 0 radical (unpaired) electrons. The van der Waals surface area contributed by atoms with Crippen molar-refractivity contribution in [3.63, 3.8) is 0 Å². The van der Waals surface area contributed by atoms with Gasteiger partial charge in [-0.25, -0.2) is 0 Å². The summed E-state index contributed by atoms with van der Waals surface area (Å²) in [6.07, 6.45) is 0.958. The number of hydrogen-bond acceptors (Lipinski definition) is 4.